The largest absolute Gasteiger partial charge is 0.459 e. The van der Waals surface area contributed by atoms with Crippen LogP contribution in [0.25, 0.3) is 0 Å². The molecule has 4 atom stereocenters. The zero-order valence-corrected chi connectivity index (χ0v) is 15.7. The maximum Gasteiger partial charge on any atom is 0.333 e. The van der Waals surface area contributed by atoms with E-state index in [1.54, 1.807) is 0 Å². The number of ether oxygens (including phenoxy) is 2. The van der Waals surface area contributed by atoms with Gasteiger partial charge in [0, 0.05) is 5.57 Å². The molecule has 2 saturated carbocycles. The topological polar surface area (TPSA) is 52.6 Å². The van der Waals surface area contributed by atoms with Crippen LogP contribution in [0.2, 0.25) is 0 Å². The van der Waals surface area contributed by atoms with E-state index in [-0.39, 0.29) is 41.4 Å². The van der Waals surface area contributed by atoms with Gasteiger partial charge in [0.15, 0.2) is 0 Å². The molecule has 1 aromatic rings. The first kappa shape index (κ1) is 20.6. The number of halogens is 5. The molecule has 10 heteroatoms. The molecule has 156 valence electrons. The Hall–Kier alpha value is -2.10. The second-order valence-corrected chi connectivity index (χ2v) is 9.83. The molecule has 0 saturated heterocycles. The van der Waals surface area contributed by atoms with Gasteiger partial charge in [-0.2, -0.15) is 0 Å². The molecule has 0 aliphatic heterocycles. The highest BCUT2D eigenvalue weighted by molar-refractivity contribution is 8.45. The molecule has 0 N–H and O–H groups in total. The third-order valence-corrected chi connectivity index (χ3v) is 6.35. The van der Waals surface area contributed by atoms with Crippen molar-refractivity contribution >= 4 is 22.2 Å². The Morgan fingerprint density at radius 2 is 1.61 bits per heavy atom. The highest BCUT2D eigenvalue weighted by Crippen LogP contribution is 3.02. The predicted octanol–water partition coefficient (Wildman–Crippen LogP) is 5.78. The SMILES string of the molecule is C=C(C)C(=O)OC1CC2CC1CC2C(=O)Oc1ccc(S(F)(F)(F)(F)F)cc1. The zero-order chi connectivity index (χ0) is 21.0. The summed E-state index contributed by atoms with van der Waals surface area (Å²) in [6.07, 6.45) is 1.31. The quantitative estimate of drug-likeness (QED) is 0.259. The third kappa shape index (κ3) is 4.31. The van der Waals surface area contributed by atoms with E-state index >= 15 is 0 Å². The average Bonchev–Trinajstić information content (AvgIpc) is 3.13. The van der Waals surface area contributed by atoms with E-state index in [0.717, 1.165) is 0 Å². The molecule has 1 aromatic carbocycles. The molecule has 0 amide bonds. The summed E-state index contributed by atoms with van der Waals surface area (Å²) in [7, 11) is -9.76. The minimum atomic E-state index is -9.76. The van der Waals surface area contributed by atoms with E-state index in [4.69, 9.17) is 9.47 Å². The van der Waals surface area contributed by atoms with Crippen molar-refractivity contribution in [3.05, 3.63) is 36.4 Å². The summed E-state index contributed by atoms with van der Waals surface area (Å²) in [5.74, 6) is -1.88. The molecule has 28 heavy (non-hydrogen) atoms. The average molecular weight is 426 g/mol. The maximum atomic E-state index is 12.7. The highest BCUT2D eigenvalue weighted by atomic mass is 32.5. The normalized spacial score (nSPS) is 28.9. The molecule has 4 nitrogen and oxygen atoms in total. The molecule has 2 aliphatic rings. The fraction of sp³-hybridized carbons (Fsp3) is 0.444. The molecule has 0 heterocycles. The molecule has 4 unspecified atom stereocenters. The first-order chi connectivity index (χ1) is 12.6. The van der Waals surface area contributed by atoms with Crippen LogP contribution in [0.1, 0.15) is 26.2 Å². The van der Waals surface area contributed by atoms with Crippen LogP contribution in [0, 0.1) is 17.8 Å². The van der Waals surface area contributed by atoms with Crippen LogP contribution in [0.3, 0.4) is 0 Å². The van der Waals surface area contributed by atoms with Crippen molar-refractivity contribution < 1.29 is 38.5 Å². The Kier molecular flexibility index (Phi) is 4.38. The highest BCUT2D eigenvalue weighted by Gasteiger charge is 2.65. The van der Waals surface area contributed by atoms with E-state index in [0.29, 0.717) is 31.4 Å². The smallest absolute Gasteiger partial charge is 0.333 e. The van der Waals surface area contributed by atoms with Crippen molar-refractivity contribution in [3.8, 4) is 5.75 Å². The number of carbonyl (C=O) groups excluding carboxylic acids is 2. The van der Waals surface area contributed by atoms with E-state index in [1.807, 2.05) is 0 Å². The van der Waals surface area contributed by atoms with Crippen LogP contribution >= 0.6 is 10.2 Å². The Labute approximate surface area is 158 Å². The summed E-state index contributed by atoms with van der Waals surface area (Å²) in [6.45, 7) is 5.05. The number of benzene rings is 1. The number of carbonyl (C=O) groups is 2. The first-order valence-electron chi connectivity index (χ1n) is 8.56. The number of rotatable bonds is 5. The zero-order valence-electron chi connectivity index (χ0n) is 14.9. The Morgan fingerprint density at radius 1 is 1.00 bits per heavy atom. The van der Waals surface area contributed by atoms with Crippen LogP contribution in [0.5, 0.6) is 5.75 Å². The summed E-state index contributed by atoms with van der Waals surface area (Å²) in [5, 5.41) is 0. The summed E-state index contributed by atoms with van der Waals surface area (Å²) >= 11 is 0. The molecular weight excluding hydrogens is 407 g/mol. The van der Waals surface area contributed by atoms with Crippen molar-refractivity contribution in [1.82, 2.24) is 0 Å². The van der Waals surface area contributed by atoms with Crippen LogP contribution in [-0.2, 0) is 14.3 Å². The van der Waals surface area contributed by atoms with E-state index in [1.165, 1.54) is 6.92 Å². The number of fused-ring (bicyclic) bond motifs is 2. The monoisotopic (exact) mass is 426 g/mol. The first-order valence-corrected chi connectivity index (χ1v) is 10.5. The fourth-order valence-electron chi connectivity index (χ4n) is 3.85. The van der Waals surface area contributed by atoms with Crippen molar-refractivity contribution in [2.24, 2.45) is 17.8 Å². The lowest BCUT2D eigenvalue weighted by Gasteiger charge is -2.40. The summed E-state index contributed by atoms with van der Waals surface area (Å²) in [6, 6.07) is 1.82. The lowest BCUT2D eigenvalue weighted by molar-refractivity contribution is -0.148. The van der Waals surface area contributed by atoms with Gasteiger partial charge in [-0.15, -0.1) is 0 Å². The Bertz CT molecular complexity index is 834. The van der Waals surface area contributed by atoms with Gasteiger partial charge in [-0.05, 0) is 62.3 Å². The van der Waals surface area contributed by atoms with Crippen molar-refractivity contribution in [2.75, 3.05) is 0 Å². The Balaban J connectivity index is 1.60. The van der Waals surface area contributed by atoms with Gasteiger partial charge in [0.2, 0.25) is 0 Å². The predicted molar refractivity (Wildman–Crippen MR) is 92.5 cm³/mol. The molecule has 0 aromatic heterocycles. The van der Waals surface area contributed by atoms with Gasteiger partial charge in [-0.3, -0.25) is 4.79 Å². The summed E-state index contributed by atoms with van der Waals surface area (Å²) in [5.41, 5.74) is 0.286. The molecule has 0 radical (unpaired) electrons. The van der Waals surface area contributed by atoms with Gasteiger partial charge < -0.3 is 9.47 Å². The van der Waals surface area contributed by atoms with Gasteiger partial charge in [0.25, 0.3) is 0 Å². The van der Waals surface area contributed by atoms with Gasteiger partial charge in [0.05, 0.1) is 5.92 Å². The van der Waals surface area contributed by atoms with Crippen LogP contribution in [0.15, 0.2) is 41.3 Å². The van der Waals surface area contributed by atoms with Gasteiger partial charge in [0.1, 0.15) is 16.7 Å². The van der Waals surface area contributed by atoms with Crippen LogP contribution in [-0.4, -0.2) is 18.0 Å². The Morgan fingerprint density at radius 3 is 2.07 bits per heavy atom. The van der Waals surface area contributed by atoms with E-state index in [2.05, 4.69) is 6.58 Å². The number of hydrogen-bond acceptors (Lipinski definition) is 4. The lowest BCUT2D eigenvalue weighted by Crippen LogP contribution is -2.32. The van der Waals surface area contributed by atoms with E-state index in [9.17, 15) is 29.0 Å². The van der Waals surface area contributed by atoms with Crippen molar-refractivity contribution in [2.45, 2.75) is 37.2 Å². The van der Waals surface area contributed by atoms with Crippen molar-refractivity contribution in [3.63, 3.8) is 0 Å². The van der Waals surface area contributed by atoms with Crippen LogP contribution < -0.4 is 4.74 Å². The van der Waals surface area contributed by atoms with Crippen LogP contribution in [0.4, 0.5) is 19.4 Å². The maximum absolute atomic E-state index is 12.7. The third-order valence-electron chi connectivity index (χ3n) is 5.19. The van der Waals surface area contributed by atoms with Gasteiger partial charge in [-0.25, -0.2) is 4.79 Å². The molecule has 2 bridgehead atoms. The van der Waals surface area contributed by atoms with Gasteiger partial charge in [-0.1, -0.05) is 26.0 Å². The summed E-state index contributed by atoms with van der Waals surface area (Å²) < 4.78 is 74.0. The summed E-state index contributed by atoms with van der Waals surface area (Å²) in [4.78, 5) is 21.9. The number of hydrogen-bond donors (Lipinski definition) is 0. The fourth-order valence-corrected chi connectivity index (χ4v) is 4.50. The second kappa shape index (κ2) is 5.95. The molecule has 3 rings (SSSR count). The van der Waals surface area contributed by atoms with Gasteiger partial charge >= 0.3 is 22.2 Å². The number of esters is 2. The lowest BCUT2D eigenvalue weighted by atomic mass is 9.87. The molecular formula is C18H19F5O4S. The molecule has 2 aliphatic carbocycles. The van der Waals surface area contributed by atoms with E-state index < -0.39 is 33.0 Å². The van der Waals surface area contributed by atoms with Crippen molar-refractivity contribution in [1.29, 1.82) is 0 Å². The standard InChI is InChI=1S/C18H19F5O4S/c1-10(2)17(24)27-16-9-11-7-12(16)8-15(11)18(25)26-13-3-5-14(6-4-13)28(19,20,21,22)23/h3-6,11-12,15-16H,1,7-9H2,2H3. The molecule has 2 fully saturated rings. The minimum absolute atomic E-state index is 0.00125. The second-order valence-electron chi connectivity index (χ2n) is 7.42. The minimum Gasteiger partial charge on any atom is -0.459 e. The molecule has 0 spiro atoms.